The van der Waals surface area contributed by atoms with Crippen molar-refractivity contribution in [3.8, 4) is 0 Å². The Morgan fingerprint density at radius 1 is 1.16 bits per heavy atom. The summed E-state index contributed by atoms with van der Waals surface area (Å²) in [5.74, 6) is 1.83. The maximum atomic E-state index is 5.88. The third-order valence-corrected chi connectivity index (χ3v) is 3.42. The van der Waals surface area contributed by atoms with Gasteiger partial charge in [-0.3, -0.25) is 0 Å². The molecule has 0 amide bonds. The number of ether oxygens (including phenoxy) is 1. The highest BCUT2D eigenvalue weighted by atomic mass is 16.5. The normalized spacial score (nSPS) is 16.3. The van der Waals surface area contributed by atoms with Gasteiger partial charge in [-0.15, -0.1) is 0 Å². The number of hydrogen-bond acceptors (Lipinski definition) is 4. The number of aromatic nitrogens is 1. The molecule has 106 valence electrons. The van der Waals surface area contributed by atoms with Crippen molar-refractivity contribution in [1.29, 1.82) is 0 Å². The standard InChI is InChI=1S/C15H25N3O/c1-2-16-14-9-6-10-15(18-14)17-11-12-19-13-7-4-3-5-8-13/h6,9-10,13H,2-5,7-8,11-12H2,1H3,(H2,16,17,18). The van der Waals surface area contributed by atoms with Crippen LogP contribution in [0.15, 0.2) is 18.2 Å². The average Bonchev–Trinajstić information content (AvgIpc) is 2.46. The molecule has 0 atom stereocenters. The maximum absolute atomic E-state index is 5.88. The lowest BCUT2D eigenvalue weighted by Gasteiger charge is -2.22. The first kappa shape index (κ1) is 14.1. The van der Waals surface area contributed by atoms with Gasteiger partial charge < -0.3 is 15.4 Å². The molecule has 2 N–H and O–H groups in total. The lowest BCUT2D eigenvalue weighted by atomic mass is 9.98. The van der Waals surface area contributed by atoms with Crippen LogP contribution in [0.3, 0.4) is 0 Å². The van der Waals surface area contributed by atoms with E-state index in [9.17, 15) is 0 Å². The predicted octanol–water partition coefficient (Wildman–Crippen LogP) is 3.27. The third-order valence-electron chi connectivity index (χ3n) is 3.42. The highest BCUT2D eigenvalue weighted by molar-refractivity contribution is 5.44. The molecule has 4 heteroatoms. The van der Waals surface area contributed by atoms with Crippen LogP contribution >= 0.6 is 0 Å². The predicted molar refractivity (Wildman–Crippen MR) is 79.7 cm³/mol. The van der Waals surface area contributed by atoms with Gasteiger partial charge in [-0.2, -0.15) is 0 Å². The molecule has 0 spiro atoms. The van der Waals surface area contributed by atoms with Crippen molar-refractivity contribution in [2.24, 2.45) is 0 Å². The van der Waals surface area contributed by atoms with Gasteiger partial charge in [0.2, 0.25) is 0 Å². The van der Waals surface area contributed by atoms with E-state index in [-0.39, 0.29) is 0 Å². The first-order chi connectivity index (χ1) is 9.38. The Labute approximate surface area is 116 Å². The van der Waals surface area contributed by atoms with Gasteiger partial charge in [0.05, 0.1) is 12.7 Å². The van der Waals surface area contributed by atoms with Crippen LogP contribution in [0.25, 0.3) is 0 Å². The molecule has 0 aromatic carbocycles. The first-order valence-corrected chi connectivity index (χ1v) is 7.45. The fraction of sp³-hybridized carbons (Fsp3) is 0.667. The minimum atomic E-state index is 0.483. The summed E-state index contributed by atoms with van der Waals surface area (Å²) in [5, 5.41) is 6.51. The summed E-state index contributed by atoms with van der Waals surface area (Å²) in [7, 11) is 0. The van der Waals surface area contributed by atoms with Gasteiger partial charge in [-0.25, -0.2) is 4.98 Å². The summed E-state index contributed by atoms with van der Waals surface area (Å²) in [4.78, 5) is 4.47. The number of rotatable bonds is 7. The summed E-state index contributed by atoms with van der Waals surface area (Å²) >= 11 is 0. The van der Waals surface area contributed by atoms with E-state index in [0.29, 0.717) is 6.10 Å². The summed E-state index contributed by atoms with van der Waals surface area (Å²) in [6.45, 7) is 4.54. The fourth-order valence-electron chi connectivity index (χ4n) is 2.45. The Morgan fingerprint density at radius 3 is 2.63 bits per heavy atom. The molecule has 2 rings (SSSR count). The lowest BCUT2D eigenvalue weighted by molar-refractivity contribution is 0.0347. The molecule has 0 aliphatic heterocycles. The van der Waals surface area contributed by atoms with Crippen LogP contribution in [0.4, 0.5) is 11.6 Å². The molecule has 1 heterocycles. The van der Waals surface area contributed by atoms with E-state index < -0.39 is 0 Å². The number of anilines is 2. The summed E-state index contributed by atoms with van der Waals surface area (Å²) in [6, 6.07) is 5.98. The molecule has 0 saturated heterocycles. The Morgan fingerprint density at radius 2 is 1.89 bits per heavy atom. The van der Waals surface area contributed by atoms with Crippen LogP contribution in [-0.4, -0.2) is 30.8 Å². The van der Waals surface area contributed by atoms with Crippen LogP contribution in [0.1, 0.15) is 39.0 Å². The van der Waals surface area contributed by atoms with Gasteiger partial charge in [0, 0.05) is 13.1 Å². The lowest BCUT2D eigenvalue weighted by Crippen LogP contribution is -2.20. The number of hydrogen-bond donors (Lipinski definition) is 2. The van der Waals surface area contributed by atoms with E-state index in [1.54, 1.807) is 0 Å². The van der Waals surface area contributed by atoms with E-state index in [2.05, 4.69) is 22.5 Å². The van der Waals surface area contributed by atoms with Gasteiger partial charge in [0.15, 0.2) is 0 Å². The second-order valence-electron chi connectivity index (χ2n) is 5.00. The van der Waals surface area contributed by atoms with Crippen LogP contribution in [-0.2, 0) is 4.74 Å². The van der Waals surface area contributed by atoms with Gasteiger partial charge >= 0.3 is 0 Å². The van der Waals surface area contributed by atoms with E-state index in [1.165, 1.54) is 32.1 Å². The van der Waals surface area contributed by atoms with Gasteiger partial charge in [0.1, 0.15) is 11.6 Å². The highest BCUT2D eigenvalue weighted by Crippen LogP contribution is 2.20. The summed E-state index contributed by atoms with van der Waals surface area (Å²) in [6.07, 6.45) is 6.97. The Balaban J connectivity index is 1.65. The van der Waals surface area contributed by atoms with Gasteiger partial charge in [-0.05, 0) is 31.9 Å². The Bertz CT molecular complexity index is 364. The van der Waals surface area contributed by atoms with Crippen molar-refractivity contribution < 1.29 is 4.74 Å². The second kappa shape index (κ2) is 8.00. The molecule has 0 bridgehead atoms. The molecule has 1 aromatic heterocycles. The van der Waals surface area contributed by atoms with E-state index >= 15 is 0 Å². The molecule has 19 heavy (non-hydrogen) atoms. The van der Waals surface area contributed by atoms with Gasteiger partial charge in [0.25, 0.3) is 0 Å². The van der Waals surface area contributed by atoms with Gasteiger partial charge in [-0.1, -0.05) is 25.3 Å². The van der Waals surface area contributed by atoms with Crippen molar-refractivity contribution in [2.45, 2.75) is 45.1 Å². The Kier molecular flexibility index (Phi) is 5.95. The molecule has 1 fully saturated rings. The monoisotopic (exact) mass is 263 g/mol. The maximum Gasteiger partial charge on any atom is 0.128 e. The van der Waals surface area contributed by atoms with E-state index in [1.807, 2.05) is 18.2 Å². The molecule has 4 nitrogen and oxygen atoms in total. The zero-order valence-corrected chi connectivity index (χ0v) is 11.8. The largest absolute Gasteiger partial charge is 0.376 e. The van der Waals surface area contributed by atoms with Crippen molar-refractivity contribution in [1.82, 2.24) is 4.98 Å². The quantitative estimate of drug-likeness (QED) is 0.741. The zero-order chi connectivity index (χ0) is 13.3. The molecular weight excluding hydrogens is 238 g/mol. The summed E-state index contributed by atoms with van der Waals surface area (Å²) in [5.41, 5.74) is 0. The van der Waals surface area contributed by atoms with E-state index in [4.69, 9.17) is 4.74 Å². The summed E-state index contributed by atoms with van der Waals surface area (Å²) < 4.78 is 5.88. The number of pyridine rings is 1. The molecular formula is C15H25N3O. The molecule has 1 saturated carbocycles. The SMILES string of the molecule is CCNc1cccc(NCCOC2CCCCC2)n1. The number of nitrogens with one attached hydrogen (secondary N) is 2. The van der Waals surface area contributed by atoms with Crippen LogP contribution in [0.5, 0.6) is 0 Å². The zero-order valence-electron chi connectivity index (χ0n) is 11.8. The molecule has 1 aliphatic carbocycles. The minimum absolute atomic E-state index is 0.483. The minimum Gasteiger partial charge on any atom is -0.376 e. The van der Waals surface area contributed by atoms with Crippen molar-refractivity contribution in [3.05, 3.63) is 18.2 Å². The number of nitrogens with zero attached hydrogens (tertiary/aromatic N) is 1. The smallest absolute Gasteiger partial charge is 0.128 e. The van der Waals surface area contributed by atoms with Crippen molar-refractivity contribution in [2.75, 3.05) is 30.3 Å². The third kappa shape index (κ3) is 5.07. The van der Waals surface area contributed by atoms with Crippen LogP contribution < -0.4 is 10.6 Å². The second-order valence-corrected chi connectivity index (χ2v) is 5.00. The van der Waals surface area contributed by atoms with Crippen molar-refractivity contribution >= 4 is 11.6 Å². The molecule has 1 aliphatic rings. The highest BCUT2D eigenvalue weighted by Gasteiger charge is 2.12. The molecule has 1 aromatic rings. The van der Waals surface area contributed by atoms with Crippen LogP contribution in [0.2, 0.25) is 0 Å². The van der Waals surface area contributed by atoms with Crippen molar-refractivity contribution in [3.63, 3.8) is 0 Å². The molecule has 0 unspecified atom stereocenters. The molecule has 0 radical (unpaired) electrons. The Hall–Kier alpha value is -1.29. The van der Waals surface area contributed by atoms with E-state index in [0.717, 1.165) is 31.3 Å². The topological polar surface area (TPSA) is 46.2 Å². The van der Waals surface area contributed by atoms with Crippen LogP contribution in [0, 0.1) is 0 Å². The first-order valence-electron chi connectivity index (χ1n) is 7.45. The fourth-order valence-corrected chi connectivity index (χ4v) is 2.45. The average molecular weight is 263 g/mol.